The third-order valence-corrected chi connectivity index (χ3v) is 3.37. The molecule has 0 spiro atoms. The van der Waals surface area contributed by atoms with Crippen LogP contribution in [0, 0.1) is 5.41 Å². The molecule has 3 N–H and O–H groups in total. The summed E-state index contributed by atoms with van der Waals surface area (Å²) in [6, 6.07) is 0.0831. The van der Waals surface area contributed by atoms with Crippen LogP contribution < -0.4 is 5.73 Å². The van der Waals surface area contributed by atoms with Gasteiger partial charge in [0.2, 0.25) is 0 Å². The first-order valence-corrected chi connectivity index (χ1v) is 5.65. The van der Waals surface area contributed by atoms with Gasteiger partial charge in [0, 0.05) is 13.7 Å². The monoisotopic (exact) mass is 213 g/mol. The molecule has 0 saturated carbocycles. The van der Waals surface area contributed by atoms with E-state index in [0.717, 1.165) is 32.4 Å². The average Bonchev–Trinajstić information content (AvgIpc) is 2.18. The molecule has 1 aliphatic rings. The third-order valence-electron chi connectivity index (χ3n) is 3.37. The Bertz CT molecular complexity index is 232. The van der Waals surface area contributed by atoms with Crippen LogP contribution in [0.3, 0.4) is 0 Å². The zero-order chi connectivity index (χ0) is 11.5. The fourth-order valence-corrected chi connectivity index (χ4v) is 2.35. The van der Waals surface area contributed by atoms with E-state index in [4.69, 9.17) is 15.9 Å². The number of rotatable bonds is 4. The summed E-state index contributed by atoms with van der Waals surface area (Å²) in [5.74, 6) is 0.276. The van der Waals surface area contributed by atoms with E-state index in [1.54, 1.807) is 7.11 Å². The van der Waals surface area contributed by atoms with Crippen molar-refractivity contribution >= 4 is 5.84 Å². The third kappa shape index (κ3) is 2.92. The maximum Gasteiger partial charge on any atom is 0.108 e. The van der Waals surface area contributed by atoms with Gasteiger partial charge in [-0.3, -0.25) is 10.3 Å². The number of hydrogen-bond donors (Lipinski definition) is 2. The molecule has 0 amide bonds. The van der Waals surface area contributed by atoms with Gasteiger partial charge in [-0.2, -0.15) is 0 Å². The molecule has 2 unspecified atom stereocenters. The van der Waals surface area contributed by atoms with Crippen molar-refractivity contribution < 1.29 is 4.74 Å². The number of likely N-dealkylation sites (tertiary alicyclic amines) is 1. The summed E-state index contributed by atoms with van der Waals surface area (Å²) >= 11 is 0. The lowest BCUT2D eigenvalue weighted by atomic mass is 9.93. The molecule has 1 heterocycles. The largest absolute Gasteiger partial charge is 0.386 e. The molecule has 0 radical (unpaired) electrons. The topological polar surface area (TPSA) is 62.3 Å². The summed E-state index contributed by atoms with van der Waals surface area (Å²) in [6.45, 7) is 6.11. The Kier molecular flexibility index (Phi) is 4.11. The molecular formula is C11H23N3O. The number of nitrogens with two attached hydrogens (primary N) is 1. The van der Waals surface area contributed by atoms with E-state index in [0.29, 0.717) is 0 Å². The summed E-state index contributed by atoms with van der Waals surface area (Å²) in [7, 11) is 1.76. The molecule has 4 nitrogen and oxygen atoms in total. The molecule has 0 aliphatic carbocycles. The summed E-state index contributed by atoms with van der Waals surface area (Å²) in [6.07, 6.45) is 3.11. The first-order valence-electron chi connectivity index (χ1n) is 5.65. The zero-order valence-electron chi connectivity index (χ0n) is 10.0. The number of piperidine rings is 1. The number of nitrogens with zero attached hydrogens (tertiary/aromatic N) is 1. The van der Waals surface area contributed by atoms with Crippen molar-refractivity contribution in [1.29, 1.82) is 5.41 Å². The Morgan fingerprint density at radius 1 is 1.67 bits per heavy atom. The summed E-state index contributed by atoms with van der Waals surface area (Å²) in [5.41, 5.74) is 5.54. The smallest absolute Gasteiger partial charge is 0.108 e. The normalized spacial score (nSPS) is 30.1. The SMILES string of the molecule is CCC(C(=N)N)N1CCCC(C)(OC)C1. The maximum absolute atomic E-state index is 7.57. The van der Waals surface area contributed by atoms with Crippen LogP contribution in [0.15, 0.2) is 0 Å². The van der Waals surface area contributed by atoms with Crippen molar-refractivity contribution in [2.45, 2.75) is 44.8 Å². The molecule has 0 aromatic carbocycles. The molecule has 15 heavy (non-hydrogen) atoms. The molecular weight excluding hydrogens is 190 g/mol. The molecule has 0 aromatic heterocycles. The predicted molar refractivity (Wildman–Crippen MR) is 62.2 cm³/mol. The molecule has 1 rings (SSSR count). The molecule has 0 aromatic rings. The van der Waals surface area contributed by atoms with E-state index < -0.39 is 0 Å². The lowest BCUT2D eigenvalue weighted by molar-refractivity contribution is -0.0555. The van der Waals surface area contributed by atoms with Gasteiger partial charge >= 0.3 is 0 Å². The van der Waals surface area contributed by atoms with Gasteiger partial charge in [0.25, 0.3) is 0 Å². The lowest BCUT2D eigenvalue weighted by Crippen LogP contribution is -2.54. The van der Waals surface area contributed by atoms with Gasteiger partial charge in [-0.1, -0.05) is 6.92 Å². The van der Waals surface area contributed by atoms with Gasteiger partial charge in [0.1, 0.15) is 5.84 Å². The van der Waals surface area contributed by atoms with Crippen LogP contribution in [0.4, 0.5) is 0 Å². The van der Waals surface area contributed by atoms with E-state index in [1.807, 2.05) is 0 Å². The highest BCUT2D eigenvalue weighted by Gasteiger charge is 2.34. The summed E-state index contributed by atoms with van der Waals surface area (Å²) < 4.78 is 5.53. The Morgan fingerprint density at radius 3 is 2.80 bits per heavy atom. The number of ether oxygens (including phenoxy) is 1. The molecule has 88 valence electrons. The van der Waals surface area contributed by atoms with E-state index in [1.165, 1.54) is 0 Å². The molecule has 2 atom stereocenters. The van der Waals surface area contributed by atoms with Crippen molar-refractivity contribution in [2.75, 3.05) is 20.2 Å². The minimum absolute atomic E-state index is 0.0683. The van der Waals surface area contributed by atoms with Crippen molar-refractivity contribution in [2.24, 2.45) is 5.73 Å². The second kappa shape index (κ2) is 4.94. The van der Waals surface area contributed by atoms with Gasteiger partial charge in [0.15, 0.2) is 0 Å². The van der Waals surface area contributed by atoms with Crippen molar-refractivity contribution in [3.05, 3.63) is 0 Å². The zero-order valence-corrected chi connectivity index (χ0v) is 10.0. The van der Waals surface area contributed by atoms with Crippen LogP contribution in [0.2, 0.25) is 0 Å². The van der Waals surface area contributed by atoms with E-state index >= 15 is 0 Å². The number of nitrogens with one attached hydrogen (secondary N) is 1. The fourth-order valence-electron chi connectivity index (χ4n) is 2.35. The lowest BCUT2D eigenvalue weighted by Gasteiger charge is -2.42. The fraction of sp³-hybridized carbons (Fsp3) is 0.909. The highest BCUT2D eigenvalue weighted by molar-refractivity contribution is 5.82. The first-order chi connectivity index (χ1) is 7.02. The number of amidine groups is 1. The van der Waals surface area contributed by atoms with Crippen LogP contribution in [0.25, 0.3) is 0 Å². The highest BCUT2D eigenvalue weighted by Crippen LogP contribution is 2.25. The Labute approximate surface area is 92.3 Å². The quantitative estimate of drug-likeness (QED) is 0.545. The average molecular weight is 213 g/mol. The molecule has 1 fully saturated rings. The minimum atomic E-state index is -0.0683. The van der Waals surface area contributed by atoms with Crippen molar-refractivity contribution in [3.8, 4) is 0 Å². The highest BCUT2D eigenvalue weighted by atomic mass is 16.5. The van der Waals surface area contributed by atoms with E-state index in [9.17, 15) is 0 Å². The second-order valence-electron chi connectivity index (χ2n) is 4.61. The Hall–Kier alpha value is -0.610. The standard InChI is InChI=1S/C11H23N3O/c1-4-9(10(12)13)14-7-5-6-11(2,8-14)15-3/h9H,4-8H2,1-3H3,(H3,12,13). The molecule has 4 heteroatoms. The maximum atomic E-state index is 7.57. The minimum Gasteiger partial charge on any atom is -0.386 e. The first kappa shape index (κ1) is 12.5. The van der Waals surface area contributed by atoms with Crippen LogP contribution >= 0.6 is 0 Å². The van der Waals surface area contributed by atoms with Crippen LogP contribution in [-0.2, 0) is 4.74 Å². The van der Waals surface area contributed by atoms with Gasteiger partial charge in [0.05, 0.1) is 11.6 Å². The van der Waals surface area contributed by atoms with Gasteiger partial charge in [-0.15, -0.1) is 0 Å². The number of methoxy groups -OCH3 is 1. The predicted octanol–water partition coefficient (Wildman–Crippen LogP) is 1.20. The van der Waals surface area contributed by atoms with Gasteiger partial charge < -0.3 is 10.5 Å². The van der Waals surface area contributed by atoms with Crippen LogP contribution in [0.1, 0.15) is 33.1 Å². The molecule has 0 bridgehead atoms. The molecule has 1 aliphatic heterocycles. The van der Waals surface area contributed by atoms with Crippen molar-refractivity contribution in [3.63, 3.8) is 0 Å². The molecule has 1 saturated heterocycles. The number of hydrogen-bond acceptors (Lipinski definition) is 3. The van der Waals surface area contributed by atoms with Crippen molar-refractivity contribution in [1.82, 2.24) is 4.90 Å². The Balaban J connectivity index is 2.66. The van der Waals surface area contributed by atoms with Gasteiger partial charge in [-0.25, -0.2) is 0 Å². The van der Waals surface area contributed by atoms with Crippen LogP contribution in [-0.4, -0.2) is 42.6 Å². The van der Waals surface area contributed by atoms with E-state index in [2.05, 4.69) is 18.7 Å². The van der Waals surface area contributed by atoms with Crippen LogP contribution in [0.5, 0.6) is 0 Å². The Morgan fingerprint density at radius 2 is 2.33 bits per heavy atom. The van der Waals surface area contributed by atoms with E-state index in [-0.39, 0.29) is 17.5 Å². The summed E-state index contributed by atoms with van der Waals surface area (Å²) in [4.78, 5) is 2.27. The summed E-state index contributed by atoms with van der Waals surface area (Å²) in [5, 5.41) is 7.57. The second-order valence-corrected chi connectivity index (χ2v) is 4.61. The van der Waals surface area contributed by atoms with Gasteiger partial charge in [-0.05, 0) is 32.7 Å².